The molecule has 1 N–H and O–H groups in total. The highest BCUT2D eigenvalue weighted by Crippen LogP contribution is 2.36. The lowest BCUT2D eigenvalue weighted by molar-refractivity contribution is 0.392. The third-order valence-corrected chi connectivity index (χ3v) is 5.19. The Kier molecular flexibility index (Phi) is 5.82. The second-order valence-corrected chi connectivity index (χ2v) is 6.86. The third kappa shape index (κ3) is 3.57. The maximum absolute atomic E-state index is 13.4. The second kappa shape index (κ2) is 8.10. The molecule has 0 amide bonds. The fraction of sp³-hybridized carbons (Fsp3) is 0.300. The lowest BCUT2D eigenvalue weighted by Gasteiger charge is -2.21. The molecule has 0 bridgehead atoms. The van der Waals surface area contributed by atoms with Crippen LogP contribution in [0, 0.1) is 0 Å². The average Bonchev–Trinajstić information content (AvgIpc) is 2.68. The molecule has 1 aromatic heterocycles. The molecule has 0 fully saturated rings. The number of fused-ring (bicyclic) bond motifs is 1. The van der Waals surface area contributed by atoms with Gasteiger partial charge in [-0.2, -0.15) is 0 Å². The van der Waals surface area contributed by atoms with E-state index in [0.29, 0.717) is 38.4 Å². The molecular formula is C20H22BrN3O3. The summed E-state index contributed by atoms with van der Waals surface area (Å²) < 4.78 is 13.1. The molecule has 0 saturated carbocycles. The van der Waals surface area contributed by atoms with E-state index in [0.717, 1.165) is 6.54 Å². The number of nitrogens with zero attached hydrogens (tertiary/aromatic N) is 2. The Morgan fingerprint density at radius 3 is 2.63 bits per heavy atom. The van der Waals surface area contributed by atoms with Crippen molar-refractivity contribution in [3.63, 3.8) is 0 Å². The smallest absolute Gasteiger partial charge is 0.266 e. The van der Waals surface area contributed by atoms with Crippen LogP contribution in [0.3, 0.4) is 0 Å². The zero-order valence-corrected chi connectivity index (χ0v) is 17.3. The Labute approximate surface area is 166 Å². The Hall–Kier alpha value is -2.38. The summed E-state index contributed by atoms with van der Waals surface area (Å²) in [5.74, 6) is 1.79. The first-order chi connectivity index (χ1) is 13.0. The number of para-hydroxylation sites is 1. The first-order valence-electron chi connectivity index (χ1n) is 8.68. The van der Waals surface area contributed by atoms with Crippen molar-refractivity contribution >= 4 is 26.8 Å². The van der Waals surface area contributed by atoms with Gasteiger partial charge in [0, 0.05) is 12.1 Å². The molecule has 0 saturated heterocycles. The lowest BCUT2D eigenvalue weighted by Crippen LogP contribution is -2.30. The van der Waals surface area contributed by atoms with Gasteiger partial charge in [-0.25, -0.2) is 4.98 Å². The topological polar surface area (TPSA) is 65.4 Å². The van der Waals surface area contributed by atoms with E-state index >= 15 is 0 Å². The normalized spacial score (nSPS) is 12.2. The monoisotopic (exact) mass is 431 g/mol. The summed E-state index contributed by atoms with van der Waals surface area (Å²) in [6.45, 7) is 4.76. The van der Waals surface area contributed by atoms with Crippen LogP contribution in [0.1, 0.15) is 25.7 Å². The van der Waals surface area contributed by atoms with E-state index in [2.05, 4.69) is 21.2 Å². The van der Waals surface area contributed by atoms with Gasteiger partial charge in [0.1, 0.15) is 17.3 Å². The van der Waals surface area contributed by atoms with Crippen LogP contribution in [0.15, 0.2) is 45.7 Å². The summed E-state index contributed by atoms with van der Waals surface area (Å²) in [6.07, 6.45) is 0. The van der Waals surface area contributed by atoms with Gasteiger partial charge in [-0.3, -0.25) is 9.36 Å². The van der Waals surface area contributed by atoms with E-state index in [1.807, 2.05) is 32.0 Å². The summed E-state index contributed by atoms with van der Waals surface area (Å²) in [7, 11) is 3.16. The minimum Gasteiger partial charge on any atom is -0.497 e. The van der Waals surface area contributed by atoms with Crippen LogP contribution < -0.4 is 20.3 Å². The van der Waals surface area contributed by atoms with Gasteiger partial charge in [0.15, 0.2) is 0 Å². The zero-order chi connectivity index (χ0) is 19.6. The number of rotatable bonds is 6. The van der Waals surface area contributed by atoms with Gasteiger partial charge in [0.2, 0.25) is 0 Å². The molecule has 0 spiro atoms. The molecule has 142 valence electrons. The first-order valence-corrected chi connectivity index (χ1v) is 9.48. The van der Waals surface area contributed by atoms with Crippen molar-refractivity contribution < 1.29 is 9.47 Å². The third-order valence-electron chi connectivity index (χ3n) is 4.39. The van der Waals surface area contributed by atoms with Crippen molar-refractivity contribution in [2.24, 2.45) is 0 Å². The summed E-state index contributed by atoms with van der Waals surface area (Å²) in [4.78, 5) is 18.2. The number of aromatic nitrogens is 2. The predicted octanol–water partition coefficient (Wildman–Crippen LogP) is 3.84. The molecule has 0 radical (unpaired) electrons. The highest BCUT2D eigenvalue weighted by molar-refractivity contribution is 9.10. The summed E-state index contributed by atoms with van der Waals surface area (Å²) in [6, 6.07) is 10.8. The number of hydrogen-bond donors (Lipinski definition) is 1. The summed E-state index contributed by atoms with van der Waals surface area (Å²) in [5, 5.41) is 3.89. The number of benzene rings is 2. The van der Waals surface area contributed by atoms with Crippen LogP contribution in [0.5, 0.6) is 11.5 Å². The fourth-order valence-corrected chi connectivity index (χ4v) is 3.63. The maximum Gasteiger partial charge on any atom is 0.266 e. The molecular weight excluding hydrogens is 410 g/mol. The SMILES string of the molecule is CCNC(C)c1nc2ccccc2c(=O)n1-c1cc(OC)cc(OC)c1Br. The van der Waals surface area contributed by atoms with Gasteiger partial charge < -0.3 is 14.8 Å². The van der Waals surface area contributed by atoms with E-state index in [1.54, 1.807) is 37.0 Å². The number of nitrogens with one attached hydrogen (secondary N) is 1. The Balaban J connectivity index is 2.41. The maximum atomic E-state index is 13.4. The Morgan fingerprint density at radius 2 is 1.96 bits per heavy atom. The van der Waals surface area contributed by atoms with Crippen LogP contribution in [0.25, 0.3) is 16.6 Å². The Morgan fingerprint density at radius 1 is 1.22 bits per heavy atom. The highest BCUT2D eigenvalue weighted by Gasteiger charge is 2.21. The quantitative estimate of drug-likeness (QED) is 0.642. The largest absolute Gasteiger partial charge is 0.497 e. The molecule has 1 unspecified atom stereocenters. The minimum atomic E-state index is -0.142. The zero-order valence-electron chi connectivity index (χ0n) is 15.7. The van der Waals surface area contributed by atoms with Gasteiger partial charge in [0.05, 0.1) is 41.3 Å². The van der Waals surface area contributed by atoms with E-state index < -0.39 is 0 Å². The van der Waals surface area contributed by atoms with Gasteiger partial charge in [-0.05, 0) is 41.5 Å². The summed E-state index contributed by atoms with van der Waals surface area (Å²) >= 11 is 3.57. The van der Waals surface area contributed by atoms with Crippen LogP contribution in [-0.4, -0.2) is 30.3 Å². The van der Waals surface area contributed by atoms with Crippen molar-refractivity contribution in [1.29, 1.82) is 0 Å². The van der Waals surface area contributed by atoms with Crippen molar-refractivity contribution in [3.8, 4) is 17.2 Å². The molecule has 7 heteroatoms. The van der Waals surface area contributed by atoms with Crippen molar-refractivity contribution in [2.45, 2.75) is 19.9 Å². The molecule has 2 aromatic carbocycles. The van der Waals surface area contributed by atoms with Gasteiger partial charge in [-0.1, -0.05) is 19.1 Å². The molecule has 0 aliphatic rings. The predicted molar refractivity (Wildman–Crippen MR) is 110 cm³/mol. The van der Waals surface area contributed by atoms with Crippen molar-refractivity contribution in [2.75, 3.05) is 20.8 Å². The number of ether oxygens (including phenoxy) is 2. The van der Waals surface area contributed by atoms with Crippen LogP contribution in [0.2, 0.25) is 0 Å². The minimum absolute atomic E-state index is 0.128. The molecule has 27 heavy (non-hydrogen) atoms. The van der Waals surface area contributed by atoms with Crippen LogP contribution in [-0.2, 0) is 0 Å². The number of hydrogen-bond acceptors (Lipinski definition) is 5. The average molecular weight is 432 g/mol. The molecule has 3 rings (SSSR count). The van der Waals surface area contributed by atoms with Gasteiger partial charge >= 0.3 is 0 Å². The fourth-order valence-electron chi connectivity index (χ4n) is 3.06. The molecule has 0 aliphatic carbocycles. The Bertz CT molecular complexity index is 1030. The molecule has 3 aromatic rings. The van der Waals surface area contributed by atoms with Gasteiger partial charge in [0.25, 0.3) is 5.56 Å². The van der Waals surface area contributed by atoms with E-state index in [1.165, 1.54) is 0 Å². The number of halogens is 1. The molecule has 0 aliphatic heterocycles. The summed E-state index contributed by atoms with van der Waals surface area (Å²) in [5.41, 5.74) is 1.15. The first kappa shape index (κ1) is 19.4. The van der Waals surface area contributed by atoms with Gasteiger partial charge in [-0.15, -0.1) is 0 Å². The lowest BCUT2D eigenvalue weighted by atomic mass is 10.2. The van der Waals surface area contributed by atoms with E-state index in [9.17, 15) is 4.79 Å². The number of methoxy groups -OCH3 is 2. The molecule has 1 heterocycles. The highest BCUT2D eigenvalue weighted by atomic mass is 79.9. The van der Waals surface area contributed by atoms with Crippen LogP contribution in [0.4, 0.5) is 0 Å². The van der Waals surface area contributed by atoms with E-state index in [4.69, 9.17) is 14.5 Å². The van der Waals surface area contributed by atoms with Crippen molar-refractivity contribution in [3.05, 3.63) is 57.0 Å². The molecule has 6 nitrogen and oxygen atoms in total. The van der Waals surface area contributed by atoms with E-state index in [-0.39, 0.29) is 11.6 Å². The second-order valence-electron chi connectivity index (χ2n) is 6.07. The standard InChI is InChI=1S/C20H22BrN3O3/c1-5-22-12(2)19-23-15-9-7-6-8-14(15)20(25)24(19)16-10-13(26-3)11-17(27-4)18(16)21/h6-12,22H,5H2,1-4H3. The van der Waals surface area contributed by atoms with Crippen LogP contribution >= 0.6 is 15.9 Å². The van der Waals surface area contributed by atoms with Crippen molar-refractivity contribution in [1.82, 2.24) is 14.9 Å². The molecule has 1 atom stereocenters.